The van der Waals surface area contributed by atoms with Crippen LogP contribution in [0.1, 0.15) is 5.56 Å². The van der Waals surface area contributed by atoms with E-state index in [0.717, 1.165) is 9.13 Å². The first-order chi connectivity index (χ1) is 13.4. The summed E-state index contributed by atoms with van der Waals surface area (Å²) in [5.41, 5.74) is -0.0416. The molecule has 3 atom stereocenters. The van der Waals surface area contributed by atoms with Crippen LogP contribution in [0.5, 0.6) is 0 Å². The van der Waals surface area contributed by atoms with Crippen LogP contribution in [0, 0.1) is 3.57 Å². The normalized spacial score (nSPS) is 24.6. The standard InChI is InChI=1S/C17H19IN6O4/c1-23(17(27)12(25)7-28-16(17)26)24-9-22-13-14(20-8-21-15(13)24)19-6-10-3-2-4-11(18)5-10/h2-5,8-9,12,16,25-27H,6-7H2,1H3,(H,19,20,21)/t12-,16-,17+/m1/s1. The third-order valence-electron chi connectivity index (χ3n) is 4.77. The van der Waals surface area contributed by atoms with Crippen molar-refractivity contribution < 1.29 is 20.1 Å². The number of aliphatic hydroxyl groups excluding tert-OH is 2. The third kappa shape index (κ3) is 3.18. The van der Waals surface area contributed by atoms with Crippen molar-refractivity contribution in [2.75, 3.05) is 24.0 Å². The lowest BCUT2D eigenvalue weighted by Crippen LogP contribution is -2.63. The molecular formula is C17H19IN6O4. The Morgan fingerprint density at radius 1 is 1.36 bits per heavy atom. The van der Waals surface area contributed by atoms with E-state index in [1.807, 2.05) is 18.2 Å². The number of benzene rings is 1. The highest BCUT2D eigenvalue weighted by Gasteiger charge is 2.53. The van der Waals surface area contributed by atoms with E-state index in [4.69, 9.17) is 4.74 Å². The Kier molecular flexibility index (Phi) is 5.09. The Balaban J connectivity index is 1.63. The van der Waals surface area contributed by atoms with E-state index >= 15 is 0 Å². The quantitative estimate of drug-likeness (QED) is 0.284. The summed E-state index contributed by atoms with van der Waals surface area (Å²) in [6.07, 6.45) is -0.0611. The largest absolute Gasteiger partial charge is 0.385 e. The van der Waals surface area contributed by atoms with Crippen molar-refractivity contribution >= 4 is 39.6 Å². The van der Waals surface area contributed by atoms with Crippen LogP contribution in [0.15, 0.2) is 36.9 Å². The van der Waals surface area contributed by atoms with Crippen LogP contribution >= 0.6 is 22.6 Å². The van der Waals surface area contributed by atoms with Gasteiger partial charge in [0.15, 0.2) is 17.0 Å². The summed E-state index contributed by atoms with van der Waals surface area (Å²) in [4.78, 5) is 12.8. The summed E-state index contributed by atoms with van der Waals surface area (Å²) in [5, 5.41) is 35.3. The highest BCUT2D eigenvalue weighted by atomic mass is 127. The van der Waals surface area contributed by atoms with Gasteiger partial charge in [0.2, 0.25) is 12.0 Å². The topological polar surface area (TPSA) is 129 Å². The lowest BCUT2D eigenvalue weighted by atomic mass is 10.1. The predicted octanol–water partition coefficient (Wildman–Crippen LogP) is 0.00890. The number of imidazole rings is 1. The van der Waals surface area contributed by atoms with Crippen molar-refractivity contribution in [2.45, 2.75) is 24.7 Å². The second-order valence-corrected chi connectivity index (χ2v) is 7.72. The zero-order chi connectivity index (χ0) is 19.9. The van der Waals surface area contributed by atoms with E-state index in [0.29, 0.717) is 23.5 Å². The number of nitrogens with zero attached hydrogens (tertiary/aromatic N) is 5. The summed E-state index contributed by atoms with van der Waals surface area (Å²) in [6.45, 7) is 0.368. The summed E-state index contributed by atoms with van der Waals surface area (Å²) in [6, 6.07) is 8.08. The van der Waals surface area contributed by atoms with Crippen LogP contribution in [0.25, 0.3) is 11.2 Å². The zero-order valence-electron chi connectivity index (χ0n) is 14.9. The number of aromatic nitrogens is 4. The Labute approximate surface area is 173 Å². The van der Waals surface area contributed by atoms with Crippen LogP contribution in [-0.4, -0.2) is 66.7 Å². The number of hydrogen-bond donors (Lipinski definition) is 4. The summed E-state index contributed by atoms with van der Waals surface area (Å²) >= 11 is 2.26. The maximum atomic E-state index is 10.8. The van der Waals surface area contributed by atoms with E-state index in [2.05, 4.69) is 48.9 Å². The molecule has 1 aliphatic heterocycles. The molecule has 4 N–H and O–H groups in total. The molecule has 1 fully saturated rings. The Hall–Kier alpha value is -2.06. The van der Waals surface area contributed by atoms with Gasteiger partial charge in [-0.15, -0.1) is 0 Å². The molecule has 0 unspecified atom stereocenters. The molecule has 28 heavy (non-hydrogen) atoms. The van der Waals surface area contributed by atoms with Crippen molar-refractivity contribution in [2.24, 2.45) is 0 Å². The second kappa shape index (κ2) is 7.40. The molecule has 1 aromatic carbocycles. The molecule has 11 heteroatoms. The van der Waals surface area contributed by atoms with Gasteiger partial charge in [-0.25, -0.2) is 19.6 Å². The molecule has 1 aliphatic rings. The van der Waals surface area contributed by atoms with Gasteiger partial charge in [-0.1, -0.05) is 12.1 Å². The van der Waals surface area contributed by atoms with Gasteiger partial charge in [0, 0.05) is 17.2 Å². The van der Waals surface area contributed by atoms with Gasteiger partial charge in [0.1, 0.15) is 18.8 Å². The van der Waals surface area contributed by atoms with Crippen LogP contribution in [0.3, 0.4) is 0 Å². The smallest absolute Gasteiger partial charge is 0.232 e. The number of ether oxygens (including phenoxy) is 1. The first-order valence-corrected chi connectivity index (χ1v) is 9.59. The zero-order valence-corrected chi connectivity index (χ0v) is 17.1. The van der Waals surface area contributed by atoms with Crippen molar-refractivity contribution in [1.29, 1.82) is 0 Å². The lowest BCUT2D eigenvalue weighted by molar-refractivity contribution is -0.177. The minimum atomic E-state index is -2.03. The molecule has 0 saturated carbocycles. The molecule has 0 aliphatic carbocycles. The molecule has 2 aromatic heterocycles. The van der Waals surface area contributed by atoms with Gasteiger partial charge in [0.25, 0.3) is 0 Å². The monoisotopic (exact) mass is 498 g/mol. The third-order valence-corrected chi connectivity index (χ3v) is 5.44. The van der Waals surface area contributed by atoms with Gasteiger partial charge >= 0.3 is 0 Å². The molecule has 10 nitrogen and oxygen atoms in total. The van der Waals surface area contributed by atoms with Crippen molar-refractivity contribution in [3.8, 4) is 0 Å². The number of hydrogen-bond acceptors (Lipinski definition) is 9. The summed E-state index contributed by atoms with van der Waals surface area (Å²) < 4.78 is 7.55. The van der Waals surface area contributed by atoms with Crippen molar-refractivity contribution in [1.82, 2.24) is 19.6 Å². The summed E-state index contributed by atoms with van der Waals surface area (Å²) in [5.74, 6) is 0.534. The first kappa shape index (κ1) is 19.3. The fourth-order valence-corrected chi connectivity index (χ4v) is 3.75. The number of anilines is 1. The molecule has 0 radical (unpaired) electrons. The molecule has 1 saturated heterocycles. The van der Waals surface area contributed by atoms with Gasteiger partial charge < -0.3 is 25.4 Å². The average molecular weight is 498 g/mol. The summed E-state index contributed by atoms with van der Waals surface area (Å²) in [7, 11) is 1.50. The van der Waals surface area contributed by atoms with Gasteiger partial charge in [-0.3, -0.25) is 5.01 Å². The van der Waals surface area contributed by atoms with E-state index in [9.17, 15) is 15.3 Å². The molecule has 4 rings (SSSR count). The highest BCUT2D eigenvalue weighted by molar-refractivity contribution is 14.1. The van der Waals surface area contributed by atoms with Gasteiger partial charge in [-0.2, -0.15) is 0 Å². The maximum Gasteiger partial charge on any atom is 0.232 e. The molecule has 3 aromatic rings. The minimum absolute atomic E-state index is 0.188. The van der Waals surface area contributed by atoms with E-state index in [1.54, 1.807) is 0 Å². The second-order valence-electron chi connectivity index (χ2n) is 6.48. The van der Waals surface area contributed by atoms with E-state index in [-0.39, 0.29) is 6.61 Å². The van der Waals surface area contributed by atoms with Crippen molar-refractivity contribution in [3.63, 3.8) is 0 Å². The lowest BCUT2D eigenvalue weighted by Gasteiger charge is -2.38. The number of halogens is 1. The molecule has 0 spiro atoms. The van der Waals surface area contributed by atoms with E-state index < -0.39 is 18.1 Å². The number of rotatable bonds is 5. The van der Waals surface area contributed by atoms with Crippen LogP contribution in [0.2, 0.25) is 0 Å². The number of fused-ring (bicyclic) bond motifs is 1. The van der Waals surface area contributed by atoms with Crippen LogP contribution < -0.4 is 10.3 Å². The molecule has 0 bridgehead atoms. The predicted molar refractivity (Wildman–Crippen MR) is 109 cm³/mol. The van der Waals surface area contributed by atoms with Gasteiger partial charge in [-0.05, 0) is 40.3 Å². The van der Waals surface area contributed by atoms with Crippen LogP contribution in [0.4, 0.5) is 5.82 Å². The number of likely N-dealkylation sites (N-methyl/N-ethyl adjacent to an activating group) is 1. The molecular weight excluding hydrogens is 479 g/mol. The Morgan fingerprint density at radius 2 is 2.18 bits per heavy atom. The Morgan fingerprint density at radius 3 is 2.89 bits per heavy atom. The molecule has 148 valence electrons. The highest BCUT2D eigenvalue weighted by Crippen LogP contribution is 2.28. The minimum Gasteiger partial charge on any atom is -0.385 e. The first-order valence-electron chi connectivity index (χ1n) is 8.52. The molecule has 0 amide bonds. The van der Waals surface area contributed by atoms with Crippen molar-refractivity contribution in [3.05, 3.63) is 46.1 Å². The fraction of sp³-hybridized carbons (Fsp3) is 0.353. The fourth-order valence-electron chi connectivity index (χ4n) is 3.14. The molecule has 3 heterocycles. The van der Waals surface area contributed by atoms with Crippen LogP contribution in [-0.2, 0) is 11.3 Å². The average Bonchev–Trinajstić information content (AvgIpc) is 3.23. The Bertz CT molecular complexity index is 989. The maximum absolute atomic E-state index is 10.8. The SMILES string of the molecule is CN(n1cnc2c(NCc3cccc(I)c3)ncnc21)[C@]1(O)[C@H](O)CO[C@H]1O. The van der Waals surface area contributed by atoms with Gasteiger partial charge in [0.05, 0.1) is 6.61 Å². The number of nitrogens with one attached hydrogen (secondary N) is 1. The van der Waals surface area contributed by atoms with E-state index in [1.165, 1.54) is 29.4 Å². The number of aliphatic hydroxyl groups is 3.